The molecule has 1 aliphatic heterocycles. The van der Waals surface area contributed by atoms with E-state index < -0.39 is 10.0 Å². The third-order valence-electron chi connectivity index (χ3n) is 4.79. The Hall–Kier alpha value is -2.50. The van der Waals surface area contributed by atoms with Crippen LogP contribution in [0.15, 0.2) is 34.5 Å². The van der Waals surface area contributed by atoms with Crippen LogP contribution in [-0.2, 0) is 27.8 Å². The predicted molar refractivity (Wildman–Crippen MR) is 115 cm³/mol. The second-order valence-corrected chi connectivity index (χ2v) is 10.1. The first kappa shape index (κ1) is 22.2. The van der Waals surface area contributed by atoms with E-state index >= 15 is 0 Å². The van der Waals surface area contributed by atoms with Crippen LogP contribution in [0, 0.1) is 0 Å². The standard InChI is InChI=1S/C19H25N5O4S2/c1-13(2)23(3)30(27,28)16-6-4-14(5-7-16)11-21-17(25)10-15-12-29-19(22-15)24-9-8-20-18(24)26/h4-7,12-13H,8-11H2,1-3H3,(H,20,26)(H,21,25). The highest BCUT2D eigenvalue weighted by molar-refractivity contribution is 7.89. The van der Waals surface area contributed by atoms with Gasteiger partial charge in [0.05, 0.1) is 17.0 Å². The largest absolute Gasteiger partial charge is 0.352 e. The number of aromatic nitrogens is 1. The fourth-order valence-electron chi connectivity index (χ4n) is 2.81. The molecule has 2 aromatic rings. The van der Waals surface area contributed by atoms with Crippen molar-refractivity contribution in [3.8, 4) is 0 Å². The topological polar surface area (TPSA) is 112 Å². The van der Waals surface area contributed by atoms with Crippen molar-refractivity contribution in [1.82, 2.24) is 19.9 Å². The van der Waals surface area contributed by atoms with Crippen LogP contribution in [0.3, 0.4) is 0 Å². The van der Waals surface area contributed by atoms with Gasteiger partial charge in [0.2, 0.25) is 15.9 Å². The Kier molecular flexibility index (Phi) is 6.74. The molecule has 1 aromatic carbocycles. The number of carbonyl (C=O) groups excluding carboxylic acids is 2. The average Bonchev–Trinajstić information content (AvgIpc) is 3.34. The fraction of sp³-hybridized carbons (Fsp3) is 0.421. The van der Waals surface area contributed by atoms with Gasteiger partial charge in [-0.3, -0.25) is 9.69 Å². The molecule has 3 rings (SSSR count). The lowest BCUT2D eigenvalue weighted by Crippen LogP contribution is -2.33. The molecule has 2 N–H and O–H groups in total. The molecule has 0 radical (unpaired) electrons. The second kappa shape index (κ2) is 9.11. The molecule has 2 heterocycles. The van der Waals surface area contributed by atoms with Crippen molar-refractivity contribution in [3.63, 3.8) is 0 Å². The summed E-state index contributed by atoms with van der Waals surface area (Å²) in [7, 11) is -1.98. The maximum Gasteiger partial charge on any atom is 0.323 e. The highest BCUT2D eigenvalue weighted by atomic mass is 32.2. The summed E-state index contributed by atoms with van der Waals surface area (Å²) in [6.45, 7) is 5.06. The molecule has 1 aliphatic rings. The summed E-state index contributed by atoms with van der Waals surface area (Å²) in [6, 6.07) is 6.15. The summed E-state index contributed by atoms with van der Waals surface area (Å²) in [6.07, 6.45) is 0.109. The Bertz CT molecular complexity index is 1020. The lowest BCUT2D eigenvalue weighted by atomic mass is 10.2. The van der Waals surface area contributed by atoms with Gasteiger partial charge in [0.25, 0.3) is 0 Å². The Morgan fingerprint density at radius 2 is 2.03 bits per heavy atom. The first-order chi connectivity index (χ1) is 14.2. The van der Waals surface area contributed by atoms with Crippen molar-refractivity contribution in [2.75, 3.05) is 25.0 Å². The maximum atomic E-state index is 12.5. The van der Waals surface area contributed by atoms with E-state index in [4.69, 9.17) is 0 Å². The molecule has 3 amide bonds. The number of sulfonamides is 1. The minimum Gasteiger partial charge on any atom is -0.352 e. The third-order valence-corrected chi connectivity index (χ3v) is 7.75. The summed E-state index contributed by atoms with van der Waals surface area (Å²) in [5.41, 5.74) is 1.40. The van der Waals surface area contributed by atoms with Crippen LogP contribution in [0.5, 0.6) is 0 Å². The number of rotatable bonds is 8. The minimum atomic E-state index is -3.53. The zero-order chi connectivity index (χ0) is 21.9. The molecule has 0 bridgehead atoms. The van der Waals surface area contributed by atoms with Gasteiger partial charge in [-0.2, -0.15) is 4.31 Å². The van der Waals surface area contributed by atoms with Gasteiger partial charge in [-0.25, -0.2) is 18.2 Å². The van der Waals surface area contributed by atoms with Gasteiger partial charge in [-0.1, -0.05) is 12.1 Å². The summed E-state index contributed by atoms with van der Waals surface area (Å²) in [4.78, 5) is 30.0. The Labute approximate surface area is 180 Å². The highest BCUT2D eigenvalue weighted by Gasteiger charge is 2.24. The van der Waals surface area contributed by atoms with Crippen LogP contribution in [0.1, 0.15) is 25.1 Å². The Morgan fingerprint density at radius 1 is 1.33 bits per heavy atom. The predicted octanol–water partition coefficient (Wildman–Crippen LogP) is 1.56. The molecule has 11 heteroatoms. The van der Waals surface area contributed by atoms with Crippen LogP contribution < -0.4 is 15.5 Å². The molecule has 9 nitrogen and oxygen atoms in total. The molecule has 0 atom stereocenters. The summed E-state index contributed by atoms with van der Waals surface area (Å²) >= 11 is 1.33. The zero-order valence-corrected chi connectivity index (χ0v) is 18.7. The first-order valence-corrected chi connectivity index (χ1v) is 11.8. The summed E-state index contributed by atoms with van der Waals surface area (Å²) < 4.78 is 26.3. The molecule has 0 saturated carbocycles. The number of carbonyl (C=O) groups is 2. The van der Waals surface area contributed by atoms with Crippen molar-refractivity contribution >= 4 is 38.4 Å². The van der Waals surface area contributed by atoms with Gasteiger partial charge in [0.1, 0.15) is 0 Å². The molecule has 1 saturated heterocycles. The average molecular weight is 452 g/mol. The SMILES string of the molecule is CC(C)N(C)S(=O)(=O)c1ccc(CNC(=O)Cc2csc(N3CCNC3=O)n2)cc1. The molecule has 1 fully saturated rings. The minimum absolute atomic E-state index is 0.109. The number of nitrogens with zero attached hydrogens (tertiary/aromatic N) is 3. The third kappa shape index (κ3) is 4.97. The summed E-state index contributed by atoms with van der Waals surface area (Å²) in [5, 5.41) is 7.87. The molecule has 30 heavy (non-hydrogen) atoms. The van der Waals surface area contributed by atoms with Crippen LogP contribution in [0.25, 0.3) is 0 Å². The Balaban J connectivity index is 1.54. The normalized spacial score (nSPS) is 14.4. The quantitative estimate of drug-likeness (QED) is 0.633. The zero-order valence-electron chi connectivity index (χ0n) is 17.1. The van der Waals surface area contributed by atoms with Crippen molar-refractivity contribution in [3.05, 3.63) is 40.9 Å². The van der Waals surface area contributed by atoms with Crippen LogP contribution >= 0.6 is 11.3 Å². The summed E-state index contributed by atoms with van der Waals surface area (Å²) in [5.74, 6) is -0.200. The van der Waals surface area contributed by atoms with E-state index in [2.05, 4.69) is 15.6 Å². The number of benzene rings is 1. The Morgan fingerprint density at radius 3 is 2.63 bits per heavy atom. The van der Waals surface area contributed by atoms with Crippen molar-refractivity contribution in [2.24, 2.45) is 0 Å². The molecule has 0 aliphatic carbocycles. The number of hydrogen-bond acceptors (Lipinski definition) is 6. The molecule has 0 spiro atoms. The molecular weight excluding hydrogens is 426 g/mol. The molecule has 1 aromatic heterocycles. The molecule has 162 valence electrons. The monoisotopic (exact) mass is 451 g/mol. The number of amides is 3. The van der Waals surface area contributed by atoms with Crippen LogP contribution in [-0.4, -0.2) is 55.8 Å². The number of hydrogen-bond donors (Lipinski definition) is 2. The van der Waals surface area contributed by atoms with Gasteiger partial charge in [-0.15, -0.1) is 11.3 Å². The van der Waals surface area contributed by atoms with Gasteiger partial charge in [-0.05, 0) is 31.5 Å². The highest BCUT2D eigenvalue weighted by Crippen LogP contribution is 2.22. The number of thiazole rings is 1. The number of nitrogens with one attached hydrogen (secondary N) is 2. The van der Waals surface area contributed by atoms with E-state index in [9.17, 15) is 18.0 Å². The van der Waals surface area contributed by atoms with E-state index in [1.54, 1.807) is 41.6 Å². The van der Waals surface area contributed by atoms with E-state index in [1.807, 2.05) is 13.8 Å². The number of anilines is 1. The van der Waals surface area contributed by atoms with E-state index in [0.29, 0.717) is 23.9 Å². The van der Waals surface area contributed by atoms with Gasteiger partial charge in [0, 0.05) is 38.1 Å². The fourth-order valence-corrected chi connectivity index (χ4v) is 5.02. The second-order valence-electron chi connectivity index (χ2n) is 7.22. The van der Waals surface area contributed by atoms with E-state index in [1.165, 1.54) is 15.6 Å². The van der Waals surface area contributed by atoms with E-state index in [-0.39, 0.29) is 35.8 Å². The van der Waals surface area contributed by atoms with Crippen molar-refractivity contribution in [2.45, 2.75) is 37.8 Å². The van der Waals surface area contributed by atoms with Crippen molar-refractivity contribution in [1.29, 1.82) is 0 Å². The number of urea groups is 1. The van der Waals surface area contributed by atoms with Gasteiger partial charge in [0.15, 0.2) is 5.13 Å². The smallest absolute Gasteiger partial charge is 0.323 e. The molecule has 0 unspecified atom stereocenters. The maximum absolute atomic E-state index is 12.5. The van der Waals surface area contributed by atoms with Crippen molar-refractivity contribution < 1.29 is 18.0 Å². The van der Waals surface area contributed by atoms with E-state index in [0.717, 1.165) is 5.56 Å². The van der Waals surface area contributed by atoms with Gasteiger partial charge >= 0.3 is 6.03 Å². The van der Waals surface area contributed by atoms with Crippen LogP contribution in [0.4, 0.5) is 9.93 Å². The molecular formula is C19H25N5O4S2. The lowest BCUT2D eigenvalue weighted by Gasteiger charge is -2.21. The van der Waals surface area contributed by atoms with Gasteiger partial charge < -0.3 is 10.6 Å². The first-order valence-electron chi connectivity index (χ1n) is 9.52. The lowest BCUT2D eigenvalue weighted by molar-refractivity contribution is -0.120. The van der Waals surface area contributed by atoms with Crippen LogP contribution in [0.2, 0.25) is 0 Å².